The normalized spacial score (nSPS) is 13.5. The van der Waals surface area contributed by atoms with Gasteiger partial charge in [-0.25, -0.2) is 14.3 Å². The zero-order valence-corrected chi connectivity index (χ0v) is 14.9. The van der Waals surface area contributed by atoms with Crippen LogP contribution in [0.3, 0.4) is 0 Å². The van der Waals surface area contributed by atoms with Crippen molar-refractivity contribution in [3.8, 4) is 11.4 Å². The van der Waals surface area contributed by atoms with Crippen molar-refractivity contribution < 1.29 is 4.79 Å². The van der Waals surface area contributed by atoms with Crippen molar-refractivity contribution in [3.05, 3.63) is 58.3 Å². The molecule has 0 spiro atoms. The van der Waals surface area contributed by atoms with Crippen molar-refractivity contribution in [2.45, 2.75) is 25.4 Å². The molecular formula is C18H19N5O2S. The summed E-state index contributed by atoms with van der Waals surface area (Å²) in [7, 11) is 0. The Morgan fingerprint density at radius 1 is 1.19 bits per heavy atom. The number of anilines is 1. The molecule has 1 aliphatic rings. The van der Waals surface area contributed by atoms with Gasteiger partial charge in [-0.15, -0.1) is 16.4 Å². The van der Waals surface area contributed by atoms with E-state index in [1.165, 1.54) is 16.0 Å². The van der Waals surface area contributed by atoms with Gasteiger partial charge in [-0.2, -0.15) is 0 Å². The molecule has 2 N–H and O–H groups in total. The van der Waals surface area contributed by atoms with E-state index in [4.69, 9.17) is 0 Å². The van der Waals surface area contributed by atoms with Crippen LogP contribution in [-0.4, -0.2) is 26.9 Å². The molecule has 0 bridgehead atoms. The monoisotopic (exact) mass is 369 g/mol. The van der Waals surface area contributed by atoms with Gasteiger partial charge in [-0.1, -0.05) is 30.3 Å². The van der Waals surface area contributed by atoms with E-state index in [9.17, 15) is 9.59 Å². The lowest BCUT2D eigenvalue weighted by Crippen LogP contribution is -2.34. The Hall–Kier alpha value is -2.87. The van der Waals surface area contributed by atoms with E-state index in [0.29, 0.717) is 18.9 Å². The predicted octanol–water partition coefficient (Wildman–Crippen LogP) is 2.93. The number of aromatic nitrogens is 3. The van der Waals surface area contributed by atoms with Crippen LogP contribution in [0.25, 0.3) is 11.4 Å². The molecule has 2 aromatic heterocycles. The van der Waals surface area contributed by atoms with Crippen molar-refractivity contribution in [1.82, 2.24) is 19.7 Å². The highest BCUT2D eigenvalue weighted by Crippen LogP contribution is 2.36. The Bertz CT molecular complexity index is 942. The van der Waals surface area contributed by atoms with Crippen LogP contribution >= 0.6 is 11.3 Å². The molecule has 0 aliphatic heterocycles. The number of nitrogens with one attached hydrogen (secondary N) is 2. The molecule has 1 aliphatic carbocycles. The maximum atomic E-state index is 12.7. The molecule has 3 aromatic rings. The lowest BCUT2D eigenvalue weighted by atomic mass is 10.2. The van der Waals surface area contributed by atoms with Gasteiger partial charge in [0.15, 0.2) is 5.82 Å². The minimum Gasteiger partial charge on any atom is -0.336 e. The first-order chi connectivity index (χ1) is 12.7. The summed E-state index contributed by atoms with van der Waals surface area (Å²) in [6, 6.07) is 13.4. The SMILES string of the molecule is O=C(NCCn1nc(-c2ccccc2)n(C2CC2)c1=O)Nc1cccs1. The zero-order valence-electron chi connectivity index (χ0n) is 14.1. The second-order valence-electron chi connectivity index (χ2n) is 6.15. The van der Waals surface area contributed by atoms with Gasteiger partial charge in [0.25, 0.3) is 0 Å². The molecule has 7 nitrogen and oxygen atoms in total. The van der Waals surface area contributed by atoms with Crippen LogP contribution in [0.4, 0.5) is 9.80 Å². The molecule has 1 aromatic carbocycles. The average molecular weight is 369 g/mol. The molecule has 2 amide bonds. The van der Waals surface area contributed by atoms with Crippen LogP contribution in [0.1, 0.15) is 18.9 Å². The van der Waals surface area contributed by atoms with Gasteiger partial charge in [0, 0.05) is 18.2 Å². The minimum absolute atomic E-state index is 0.119. The first-order valence-electron chi connectivity index (χ1n) is 8.55. The quantitative estimate of drug-likeness (QED) is 0.701. The maximum absolute atomic E-state index is 12.7. The molecule has 0 saturated heterocycles. The highest BCUT2D eigenvalue weighted by molar-refractivity contribution is 7.14. The van der Waals surface area contributed by atoms with Gasteiger partial charge in [-0.05, 0) is 30.4 Å². The highest BCUT2D eigenvalue weighted by atomic mass is 32.1. The summed E-state index contributed by atoms with van der Waals surface area (Å²) in [6.07, 6.45) is 2.01. The summed E-state index contributed by atoms with van der Waals surface area (Å²) in [5, 5.41) is 12.7. The Kier molecular flexibility index (Phi) is 4.57. The molecular weight excluding hydrogens is 350 g/mol. The van der Waals surface area contributed by atoms with Crippen molar-refractivity contribution >= 4 is 22.4 Å². The van der Waals surface area contributed by atoms with E-state index in [1.807, 2.05) is 47.8 Å². The molecule has 0 atom stereocenters. The standard InChI is InChI=1S/C18H19N5O2S/c24-17(20-15-7-4-12-26-15)19-10-11-22-18(25)23(14-8-9-14)16(21-22)13-5-2-1-3-6-13/h1-7,12,14H,8-11H2,(H2,19,20,24). The molecule has 26 heavy (non-hydrogen) atoms. The van der Waals surface area contributed by atoms with E-state index in [0.717, 1.165) is 23.4 Å². The molecule has 134 valence electrons. The van der Waals surface area contributed by atoms with E-state index in [1.54, 1.807) is 4.57 Å². The summed E-state index contributed by atoms with van der Waals surface area (Å²) >= 11 is 1.45. The second-order valence-corrected chi connectivity index (χ2v) is 7.10. The lowest BCUT2D eigenvalue weighted by Gasteiger charge is -2.05. The number of thiophene rings is 1. The first-order valence-corrected chi connectivity index (χ1v) is 9.43. The number of benzene rings is 1. The number of hydrogen-bond donors (Lipinski definition) is 2. The zero-order chi connectivity index (χ0) is 17.9. The third-order valence-electron chi connectivity index (χ3n) is 4.18. The molecule has 1 saturated carbocycles. The molecule has 8 heteroatoms. The van der Waals surface area contributed by atoms with Crippen LogP contribution < -0.4 is 16.3 Å². The van der Waals surface area contributed by atoms with Crippen LogP contribution in [0, 0.1) is 0 Å². The Labute approximate surface area is 154 Å². The van der Waals surface area contributed by atoms with Crippen LogP contribution in [-0.2, 0) is 6.54 Å². The van der Waals surface area contributed by atoms with E-state index in [-0.39, 0.29) is 17.8 Å². The van der Waals surface area contributed by atoms with Crippen LogP contribution in [0.5, 0.6) is 0 Å². The third-order valence-corrected chi connectivity index (χ3v) is 4.97. The molecule has 2 heterocycles. The van der Waals surface area contributed by atoms with Gasteiger partial charge < -0.3 is 5.32 Å². The summed E-state index contributed by atoms with van der Waals surface area (Å²) in [5.41, 5.74) is 0.811. The highest BCUT2D eigenvalue weighted by Gasteiger charge is 2.30. The Morgan fingerprint density at radius 2 is 2.00 bits per heavy atom. The van der Waals surface area contributed by atoms with Gasteiger partial charge in [0.1, 0.15) is 0 Å². The fourth-order valence-electron chi connectivity index (χ4n) is 2.79. The fourth-order valence-corrected chi connectivity index (χ4v) is 3.41. The number of carbonyl (C=O) groups excluding carboxylic acids is 1. The van der Waals surface area contributed by atoms with Gasteiger partial charge in [0.2, 0.25) is 0 Å². The summed E-state index contributed by atoms with van der Waals surface area (Å²) in [6.45, 7) is 0.656. The van der Waals surface area contributed by atoms with Crippen molar-refractivity contribution in [1.29, 1.82) is 0 Å². The van der Waals surface area contributed by atoms with Crippen LogP contribution in [0.15, 0.2) is 52.6 Å². The van der Waals surface area contributed by atoms with E-state index < -0.39 is 0 Å². The van der Waals surface area contributed by atoms with Crippen LogP contribution in [0.2, 0.25) is 0 Å². The molecule has 0 radical (unpaired) electrons. The smallest absolute Gasteiger partial charge is 0.336 e. The average Bonchev–Trinajstić information content (AvgIpc) is 3.26. The topological polar surface area (TPSA) is 81.0 Å². The number of nitrogens with zero attached hydrogens (tertiary/aromatic N) is 3. The van der Waals surface area contributed by atoms with Gasteiger partial charge >= 0.3 is 11.7 Å². The maximum Gasteiger partial charge on any atom is 0.346 e. The number of carbonyl (C=O) groups is 1. The van der Waals surface area contributed by atoms with Crippen molar-refractivity contribution in [2.24, 2.45) is 0 Å². The Balaban J connectivity index is 1.45. The first kappa shape index (κ1) is 16.6. The summed E-state index contributed by atoms with van der Waals surface area (Å²) in [4.78, 5) is 24.6. The van der Waals surface area contributed by atoms with Gasteiger partial charge in [0.05, 0.1) is 11.5 Å². The third kappa shape index (κ3) is 3.55. The molecule has 1 fully saturated rings. The number of rotatable bonds is 6. The molecule has 0 unspecified atom stereocenters. The largest absolute Gasteiger partial charge is 0.346 e. The Morgan fingerprint density at radius 3 is 2.69 bits per heavy atom. The fraction of sp³-hybridized carbons (Fsp3) is 0.278. The van der Waals surface area contributed by atoms with E-state index >= 15 is 0 Å². The second kappa shape index (κ2) is 7.17. The number of hydrogen-bond acceptors (Lipinski definition) is 4. The van der Waals surface area contributed by atoms with E-state index in [2.05, 4.69) is 15.7 Å². The summed E-state index contributed by atoms with van der Waals surface area (Å²) < 4.78 is 3.22. The van der Waals surface area contributed by atoms with Crippen molar-refractivity contribution in [2.75, 3.05) is 11.9 Å². The number of urea groups is 1. The lowest BCUT2D eigenvalue weighted by molar-refractivity contribution is 0.251. The number of amides is 2. The summed E-state index contributed by atoms with van der Waals surface area (Å²) in [5.74, 6) is 0.695. The van der Waals surface area contributed by atoms with Gasteiger partial charge in [-0.3, -0.25) is 9.88 Å². The minimum atomic E-state index is -0.287. The molecule has 4 rings (SSSR count). The van der Waals surface area contributed by atoms with Crippen molar-refractivity contribution in [3.63, 3.8) is 0 Å². The predicted molar refractivity (Wildman–Crippen MR) is 102 cm³/mol.